The fourth-order valence-corrected chi connectivity index (χ4v) is 3.28. The summed E-state index contributed by atoms with van der Waals surface area (Å²) in [6, 6.07) is 0. The van der Waals surface area contributed by atoms with Gasteiger partial charge in [-0.05, 0) is 26.7 Å². The van der Waals surface area contributed by atoms with E-state index in [2.05, 4.69) is 4.98 Å². The summed E-state index contributed by atoms with van der Waals surface area (Å²) >= 11 is 1.48. The van der Waals surface area contributed by atoms with Crippen LogP contribution in [0.5, 0.6) is 0 Å². The third-order valence-electron chi connectivity index (χ3n) is 3.47. The van der Waals surface area contributed by atoms with Crippen molar-refractivity contribution in [2.45, 2.75) is 32.8 Å². The minimum absolute atomic E-state index is 0.114. The van der Waals surface area contributed by atoms with E-state index in [1.165, 1.54) is 11.3 Å². The molecule has 0 unspecified atom stereocenters. The zero-order valence-electron chi connectivity index (χ0n) is 12.3. The molecule has 0 saturated carbocycles. The number of aromatic nitrogens is 1. The fraction of sp³-hybridized carbons (Fsp3) is 0.714. The first kappa shape index (κ1) is 15.4. The second-order valence-electron chi connectivity index (χ2n) is 5.00. The van der Waals surface area contributed by atoms with E-state index in [-0.39, 0.29) is 12.0 Å². The topological polar surface area (TPSA) is 51.7 Å². The molecule has 0 atom stereocenters. The largest absolute Gasteiger partial charge is 0.382 e. The third-order valence-corrected chi connectivity index (χ3v) is 4.53. The van der Waals surface area contributed by atoms with Gasteiger partial charge < -0.3 is 14.4 Å². The minimum Gasteiger partial charge on any atom is -0.382 e. The van der Waals surface area contributed by atoms with Gasteiger partial charge in [0.1, 0.15) is 4.88 Å². The molecule has 2 heterocycles. The van der Waals surface area contributed by atoms with Crippen molar-refractivity contribution in [3.63, 3.8) is 0 Å². The number of likely N-dealkylation sites (tertiary alicyclic amines) is 1. The van der Waals surface area contributed by atoms with Gasteiger partial charge in [0.05, 0.1) is 30.0 Å². The van der Waals surface area contributed by atoms with Crippen LogP contribution in [0.25, 0.3) is 0 Å². The van der Waals surface area contributed by atoms with Gasteiger partial charge in [0.2, 0.25) is 0 Å². The average molecular weight is 298 g/mol. The number of hydrogen-bond acceptors (Lipinski definition) is 5. The predicted molar refractivity (Wildman–Crippen MR) is 78.3 cm³/mol. The van der Waals surface area contributed by atoms with Gasteiger partial charge in [-0.3, -0.25) is 4.79 Å². The van der Waals surface area contributed by atoms with Crippen molar-refractivity contribution < 1.29 is 14.3 Å². The Bertz CT molecular complexity index is 453. The van der Waals surface area contributed by atoms with Crippen LogP contribution in [-0.4, -0.2) is 55.3 Å². The van der Waals surface area contributed by atoms with E-state index in [1.807, 2.05) is 18.7 Å². The lowest BCUT2D eigenvalue weighted by Crippen LogP contribution is -2.41. The van der Waals surface area contributed by atoms with E-state index in [4.69, 9.17) is 9.47 Å². The van der Waals surface area contributed by atoms with Gasteiger partial charge in [-0.1, -0.05) is 0 Å². The summed E-state index contributed by atoms with van der Waals surface area (Å²) in [4.78, 5) is 19.5. The molecule has 0 bridgehead atoms. The maximum atomic E-state index is 12.4. The zero-order chi connectivity index (χ0) is 14.5. The summed E-state index contributed by atoms with van der Waals surface area (Å²) in [7, 11) is 1.67. The summed E-state index contributed by atoms with van der Waals surface area (Å²) in [6.07, 6.45) is 2.04. The Balaban J connectivity index is 1.84. The Kier molecular flexibility index (Phi) is 5.51. The molecule has 1 saturated heterocycles. The number of carbonyl (C=O) groups is 1. The lowest BCUT2D eigenvalue weighted by molar-refractivity contribution is -0.0122. The number of rotatable bonds is 5. The average Bonchev–Trinajstić information content (AvgIpc) is 2.78. The highest BCUT2D eigenvalue weighted by Gasteiger charge is 2.26. The Morgan fingerprint density at radius 1 is 1.35 bits per heavy atom. The first-order chi connectivity index (χ1) is 9.61. The third kappa shape index (κ3) is 3.77. The number of hydrogen-bond donors (Lipinski definition) is 0. The zero-order valence-corrected chi connectivity index (χ0v) is 13.2. The van der Waals surface area contributed by atoms with E-state index in [1.54, 1.807) is 7.11 Å². The highest BCUT2D eigenvalue weighted by molar-refractivity contribution is 7.13. The van der Waals surface area contributed by atoms with Crippen molar-refractivity contribution in [2.75, 3.05) is 33.4 Å². The molecule has 6 heteroatoms. The van der Waals surface area contributed by atoms with E-state index in [9.17, 15) is 4.79 Å². The summed E-state index contributed by atoms with van der Waals surface area (Å²) in [5.41, 5.74) is 0.843. The van der Waals surface area contributed by atoms with Crippen molar-refractivity contribution in [3.8, 4) is 0 Å². The van der Waals surface area contributed by atoms with Gasteiger partial charge in [-0.2, -0.15) is 0 Å². The Hall–Kier alpha value is -0.980. The van der Waals surface area contributed by atoms with E-state index >= 15 is 0 Å². The van der Waals surface area contributed by atoms with Gasteiger partial charge in [0, 0.05) is 20.2 Å². The Labute approximate surface area is 123 Å². The molecule has 2 rings (SSSR count). The van der Waals surface area contributed by atoms with Crippen LogP contribution >= 0.6 is 11.3 Å². The van der Waals surface area contributed by atoms with Crippen LogP contribution in [0.4, 0.5) is 0 Å². The molecule has 5 nitrogen and oxygen atoms in total. The van der Waals surface area contributed by atoms with Gasteiger partial charge >= 0.3 is 0 Å². The summed E-state index contributed by atoms with van der Waals surface area (Å²) in [5.74, 6) is 0.114. The van der Waals surface area contributed by atoms with Gasteiger partial charge in [-0.25, -0.2) is 4.98 Å². The van der Waals surface area contributed by atoms with Crippen LogP contribution in [0.3, 0.4) is 0 Å². The van der Waals surface area contributed by atoms with Crippen molar-refractivity contribution in [2.24, 2.45) is 0 Å². The van der Waals surface area contributed by atoms with Crippen molar-refractivity contribution in [1.29, 1.82) is 0 Å². The number of nitrogens with zero attached hydrogens (tertiary/aromatic N) is 2. The first-order valence-corrected chi connectivity index (χ1v) is 7.77. The smallest absolute Gasteiger partial charge is 0.265 e. The number of methoxy groups -OCH3 is 1. The van der Waals surface area contributed by atoms with Gasteiger partial charge in [0.15, 0.2) is 0 Å². The van der Waals surface area contributed by atoms with Crippen LogP contribution in [0.2, 0.25) is 0 Å². The van der Waals surface area contributed by atoms with Crippen molar-refractivity contribution >= 4 is 17.2 Å². The van der Waals surface area contributed by atoms with Crippen LogP contribution in [0, 0.1) is 13.8 Å². The summed E-state index contributed by atoms with van der Waals surface area (Å²) in [5, 5.41) is 0.948. The van der Waals surface area contributed by atoms with E-state index < -0.39 is 0 Å². The lowest BCUT2D eigenvalue weighted by Gasteiger charge is -2.31. The van der Waals surface area contributed by atoms with Crippen molar-refractivity contribution in [1.82, 2.24) is 9.88 Å². The molecule has 0 aliphatic carbocycles. The molecule has 20 heavy (non-hydrogen) atoms. The first-order valence-electron chi connectivity index (χ1n) is 6.95. The second kappa shape index (κ2) is 7.15. The highest BCUT2D eigenvalue weighted by atomic mass is 32.1. The molecule has 0 spiro atoms. The molecular formula is C14H22N2O3S. The monoisotopic (exact) mass is 298 g/mol. The maximum Gasteiger partial charge on any atom is 0.265 e. The quantitative estimate of drug-likeness (QED) is 0.781. The number of thiazole rings is 1. The van der Waals surface area contributed by atoms with Crippen LogP contribution < -0.4 is 0 Å². The SMILES string of the molecule is COCCOC1CCN(C(=O)c2sc(C)nc2C)CC1. The molecule has 1 aliphatic heterocycles. The lowest BCUT2D eigenvalue weighted by atomic mass is 10.1. The summed E-state index contributed by atoms with van der Waals surface area (Å²) in [6.45, 7) is 6.60. The molecule has 1 aromatic heterocycles. The van der Waals surface area contributed by atoms with Crippen LogP contribution in [-0.2, 0) is 9.47 Å². The standard InChI is InChI=1S/C14H22N2O3S/c1-10-13(20-11(2)15-10)14(17)16-6-4-12(5-7-16)19-9-8-18-3/h12H,4-9H2,1-3H3. The van der Waals surface area contributed by atoms with E-state index in [0.717, 1.165) is 41.5 Å². The van der Waals surface area contributed by atoms with Crippen LogP contribution in [0.1, 0.15) is 33.2 Å². The minimum atomic E-state index is 0.114. The number of piperidine rings is 1. The number of carbonyl (C=O) groups excluding carboxylic acids is 1. The summed E-state index contributed by atoms with van der Waals surface area (Å²) < 4.78 is 10.7. The Morgan fingerprint density at radius 3 is 2.60 bits per heavy atom. The molecule has 1 fully saturated rings. The molecule has 112 valence electrons. The number of ether oxygens (including phenoxy) is 2. The fourth-order valence-electron chi connectivity index (χ4n) is 2.40. The van der Waals surface area contributed by atoms with Gasteiger partial charge in [-0.15, -0.1) is 11.3 Å². The molecule has 0 N–H and O–H groups in total. The van der Waals surface area contributed by atoms with E-state index in [0.29, 0.717) is 13.2 Å². The normalized spacial score (nSPS) is 16.6. The van der Waals surface area contributed by atoms with Gasteiger partial charge in [0.25, 0.3) is 5.91 Å². The number of aryl methyl sites for hydroxylation is 2. The molecule has 1 aliphatic rings. The van der Waals surface area contributed by atoms with Crippen LogP contribution in [0.15, 0.2) is 0 Å². The Morgan fingerprint density at radius 2 is 2.05 bits per heavy atom. The predicted octanol–water partition coefficient (Wildman–Crippen LogP) is 2.03. The molecule has 0 radical (unpaired) electrons. The molecule has 0 aromatic carbocycles. The highest BCUT2D eigenvalue weighted by Crippen LogP contribution is 2.22. The van der Waals surface area contributed by atoms with Crippen molar-refractivity contribution in [3.05, 3.63) is 15.6 Å². The number of amides is 1. The second-order valence-corrected chi connectivity index (χ2v) is 6.21. The molecular weight excluding hydrogens is 276 g/mol. The molecule has 1 amide bonds. The molecule has 1 aromatic rings. The maximum absolute atomic E-state index is 12.4.